The standard InChI is InChI=1S/C13H18N2S2/c1-8-5-6-9(17-8)11(14)12-15-10(7-16-12)13(2,3)4/h5-7,11H,14H2,1-4H3. The van der Waals surface area contributed by atoms with Gasteiger partial charge in [-0.15, -0.1) is 22.7 Å². The largest absolute Gasteiger partial charge is 0.318 e. The van der Waals surface area contributed by atoms with Crippen LogP contribution in [0.1, 0.15) is 47.3 Å². The minimum Gasteiger partial charge on any atom is -0.318 e. The van der Waals surface area contributed by atoms with E-state index in [1.165, 1.54) is 9.75 Å². The Morgan fingerprint density at radius 2 is 2.00 bits per heavy atom. The van der Waals surface area contributed by atoms with E-state index >= 15 is 0 Å². The highest BCUT2D eigenvalue weighted by Crippen LogP contribution is 2.31. The molecule has 0 amide bonds. The average molecular weight is 266 g/mol. The van der Waals surface area contributed by atoms with Crippen LogP contribution in [0.2, 0.25) is 0 Å². The second kappa shape index (κ2) is 4.52. The molecule has 4 heteroatoms. The number of nitrogens with zero attached hydrogens (tertiary/aromatic N) is 1. The highest BCUT2D eigenvalue weighted by Gasteiger charge is 2.20. The van der Waals surface area contributed by atoms with E-state index in [1.54, 1.807) is 22.7 Å². The number of rotatable bonds is 2. The third-order valence-corrected chi connectivity index (χ3v) is 4.64. The zero-order chi connectivity index (χ0) is 12.6. The van der Waals surface area contributed by atoms with Crippen molar-refractivity contribution in [1.82, 2.24) is 4.98 Å². The second-order valence-corrected chi connectivity index (χ2v) is 7.46. The maximum absolute atomic E-state index is 6.24. The molecule has 2 aromatic heterocycles. The lowest BCUT2D eigenvalue weighted by Crippen LogP contribution is -2.14. The first-order valence-electron chi connectivity index (χ1n) is 5.66. The van der Waals surface area contributed by atoms with Gasteiger partial charge in [0.1, 0.15) is 5.01 Å². The zero-order valence-electron chi connectivity index (χ0n) is 10.7. The lowest BCUT2D eigenvalue weighted by Gasteiger charge is -2.14. The van der Waals surface area contributed by atoms with Crippen LogP contribution in [0.5, 0.6) is 0 Å². The number of aryl methyl sites for hydroxylation is 1. The predicted molar refractivity (Wildman–Crippen MR) is 75.9 cm³/mol. The van der Waals surface area contributed by atoms with Gasteiger partial charge in [-0.2, -0.15) is 0 Å². The van der Waals surface area contributed by atoms with Gasteiger partial charge in [-0.3, -0.25) is 0 Å². The summed E-state index contributed by atoms with van der Waals surface area (Å²) < 4.78 is 0. The molecule has 0 aliphatic heterocycles. The van der Waals surface area contributed by atoms with Crippen LogP contribution in [0.3, 0.4) is 0 Å². The van der Waals surface area contributed by atoms with Crippen molar-refractivity contribution in [2.45, 2.75) is 39.2 Å². The lowest BCUT2D eigenvalue weighted by molar-refractivity contribution is 0.569. The molecular formula is C13H18N2S2. The molecular weight excluding hydrogens is 248 g/mol. The van der Waals surface area contributed by atoms with Crippen LogP contribution in [0, 0.1) is 6.92 Å². The van der Waals surface area contributed by atoms with Crippen molar-refractivity contribution in [2.24, 2.45) is 5.73 Å². The molecule has 0 aliphatic carbocycles. The normalized spacial score (nSPS) is 13.9. The monoisotopic (exact) mass is 266 g/mol. The Hall–Kier alpha value is -0.710. The van der Waals surface area contributed by atoms with E-state index in [9.17, 15) is 0 Å². The van der Waals surface area contributed by atoms with Crippen molar-refractivity contribution < 1.29 is 0 Å². The van der Waals surface area contributed by atoms with Crippen molar-refractivity contribution in [3.63, 3.8) is 0 Å². The Balaban J connectivity index is 2.26. The van der Waals surface area contributed by atoms with Gasteiger partial charge in [0.2, 0.25) is 0 Å². The van der Waals surface area contributed by atoms with Gasteiger partial charge in [0.05, 0.1) is 11.7 Å². The number of aromatic nitrogens is 1. The Morgan fingerprint density at radius 1 is 1.29 bits per heavy atom. The minimum atomic E-state index is -0.0743. The summed E-state index contributed by atoms with van der Waals surface area (Å²) >= 11 is 3.41. The predicted octanol–water partition coefficient (Wildman–Crippen LogP) is 3.86. The summed E-state index contributed by atoms with van der Waals surface area (Å²) in [5.74, 6) is 0. The highest BCUT2D eigenvalue weighted by atomic mass is 32.1. The topological polar surface area (TPSA) is 38.9 Å². The Kier molecular flexibility index (Phi) is 3.39. The fraction of sp³-hybridized carbons (Fsp3) is 0.462. The molecule has 2 N–H and O–H groups in total. The Morgan fingerprint density at radius 3 is 2.47 bits per heavy atom. The van der Waals surface area contributed by atoms with Crippen molar-refractivity contribution >= 4 is 22.7 Å². The quantitative estimate of drug-likeness (QED) is 0.896. The van der Waals surface area contributed by atoms with E-state index < -0.39 is 0 Å². The minimum absolute atomic E-state index is 0.0743. The number of thiazole rings is 1. The van der Waals surface area contributed by atoms with Crippen LogP contribution < -0.4 is 5.73 Å². The van der Waals surface area contributed by atoms with Crippen LogP contribution in [-0.2, 0) is 5.41 Å². The number of nitrogens with two attached hydrogens (primary N) is 1. The molecule has 92 valence electrons. The van der Waals surface area contributed by atoms with Crippen LogP contribution >= 0.6 is 22.7 Å². The van der Waals surface area contributed by atoms with Gasteiger partial charge in [-0.1, -0.05) is 20.8 Å². The fourth-order valence-electron chi connectivity index (χ4n) is 1.52. The summed E-state index contributed by atoms with van der Waals surface area (Å²) in [7, 11) is 0. The average Bonchev–Trinajstić information content (AvgIpc) is 2.83. The molecule has 17 heavy (non-hydrogen) atoms. The smallest absolute Gasteiger partial charge is 0.115 e. The molecule has 0 aliphatic rings. The summed E-state index contributed by atoms with van der Waals surface area (Å²) in [6, 6.07) is 4.14. The highest BCUT2D eigenvalue weighted by molar-refractivity contribution is 7.12. The van der Waals surface area contributed by atoms with Gasteiger partial charge in [0.15, 0.2) is 0 Å². The van der Waals surface area contributed by atoms with Crippen LogP contribution in [0.4, 0.5) is 0 Å². The summed E-state index contributed by atoms with van der Waals surface area (Å²) in [6.07, 6.45) is 0. The molecule has 0 fully saturated rings. The lowest BCUT2D eigenvalue weighted by atomic mass is 9.93. The van der Waals surface area contributed by atoms with Crippen LogP contribution in [0.15, 0.2) is 17.5 Å². The van der Waals surface area contributed by atoms with E-state index in [0.29, 0.717) is 0 Å². The van der Waals surface area contributed by atoms with E-state index in [2.05, 4.69) is 50.2 Å². The van der Waals surface area contributed by atoms with Gasteiger partial charge in [0.25, 0.3) is 0 Å². The number of thiophene rings is 1. The molecule has 2 nitrogen and oxygen atoms in total. The number of hydrogen-bond acceptors (Lipinski definition) is 4. The summed E-state index contributed by atoms with van der Waals surface area (Å²) in [5, 5.41) is 3.13. The maximum atomic E-state index is 6.24. The van der Waals surface area contributed by atoms with Crippen molar-refractivity contribution in [2.75, 3.05) is 0 Å². The Bertz CT molecular complexity index is 505. The Labute approximate surface area is 111 Å². The maximum Gasteiger partial charge on any atom is 0.115 e. The van der Waals surface area contributed by atoms with Gasteiger partial charge in [-0.05, 0) is 19.1 Å². The van der Waals surface area contributed by atoms with E-state index in [0.717, 1.165) is 10.7 Å². The van der Waals surface area contributed by atoms with E-state index in [4.69, 9.17) is 5.73 Å². The first kappa shape index (κ1) is 12.7. The third kappa shape index (κ3) is 2.76. The van der Waals surface area contributed by atoms with E-state index in [-0.39, 0.29) is 11.5 Å². The first-order chi connectivity index (χ1) is 7.88. The SMILES string of the molecule is Cc1ccc(C(N)c2nc(C(C)(C)C)cs2)s1. The van der Waals surface area contributed by atoms with Crippen molar-refractivity contribution in [3.05, 3.63) is 38.0 Å². The summed E-state index contributed by atoms with van der Waals surface area (Å²) in [4.78, 5) is 7.15. The number of hydrogen-bond donors (Lipinski definition) is 1. The van der Waals surface area contributed by atoms with E-state index in [1.807, 2.05) is 0 Å². The van der Waals surface area contributed by atoms with Gasteiger partial charge in [0, 0.05) is 20.5 Å². The van der Waals surface area contributed by atoms with Gasteiger partial charge >= 0.3 is 0 Å². The molecule has 0 radical (unpaired) electrons. The van der Waals surface area contributed by atoms with Gasteiger partial charge in [-0.25, -0.2) is 4.98 Å². The van der Waals surface area contributed by atoms with Crippen molar-refractivity contribution in [1.29, 1.82) is 0 Å². The zero-order valence-corrected chi connectivity index (χ0v) is 12.3. The molecule has 1 unspecified atom stereocenters. The fourth-order valence-corrected chi connectivity index (χ4v) is 3.54. The molecule has 2 aromatic rings. The molecule has 2 heterocycles. The second-order valence-electron chi connectivity index (χ2n) is 5.25. The van der Waals surface area contributed by atoms with Gasteiger partial charge < -0.3 is 5.73 Å². The van der Waals surface area contributed by atoms with Crippen molar-refractivity contribution in [3.8, 4) is 0 Å². The summed E-state index contributed by atoms with van der Waals surface area (Å²) in [5.41, 5.74) is 7.47. The molecule has 0 bridgehead atoms. The summed E-state index contributed by atoms with van der Waals surface area (Å²) in [6.45, 7) is 8.62. The third-order valence-electron chi connectivity index (χ3n) is 2.62. The molecule has 1 atom stereocenters. The molecule has 0 spiro atoms. The molecule has 2 rings (SSSR count). The molecule has 0 saturated heterocycles. The van der Waals surface area contributed by atoms with Crippen LogP contribution in [-0.4, -0.2) is 4.98 Å². The molecule has 0 saturated carbocycles. The molecule has 0 aromatic carbocycles. The first-order valence-corrected chi connectivity index (χ1v) is 7.35. The van der Waals surface area contributed by atoms with Crippen LogP contribution in [0.25, 0.3) is 0 Å².